The minimum atomic E-state index is 1.17. The van der Waals surface area contributed by atoms with E-state index in [1.807, 2.05) is 0 Å². The quantitative estimate of drug-likeness (QED) is 0.103. The average molecular weight is 1680 g/mol. The third kappa shape index (κ3) is 13.6. The van der Waals surface area contributed by atoms with Crippen LogP contribution >= 0.6 is 0 Å². The summed E-state index contributed by atoms with van der Waals surface area (Å²) in [6.07, 6.45) is 0. The van der Waals surface area contributed by atoms with Crippen LogP contribution in [0.5, 0.6) is 0 Å². The normalized spacial score (nSPS) is 11.6. The number of para-hydroxylation sites is 6. The maximum atomic E-state index is 2.43. The van der Waals surface area contributed by atoms with Crippen molar-refractivity contribution in [1.82, 2.24) is 18.3 Å². The molecule has 0 saturated carbocycles. The van der Waals surface area contributed by atoms with Gasteiger partial charge in [-0.2, -0.15) is 0 Å². The van der Waals surface area contributed by atoms with Crippen LogP contribution in [0.4, 0.5) is 0 Å². The van der Waals surface area contributed by atoms with E-state index in [4.69, 9.17) is 0 Å². The topological polar surface area (TPSA) is 19.7 Å². The van der Waals surface area contributed by atoms with Gasteiger partial charge in [0.25, 0.3) is 0 Å². The minimum absolute atomic E-state index is 1.17. The van der Waals surface area contributed by atoms with Gasteiger partial charge in [-0.1, -0.05) is 376 Å². The van der Waals surface area contributed by atoms with E-state index in [1.54, 1.807) is 0 Å². The molecule has 22 aromatic carbocycles. The van der Waals surface area contributed by atoms with E-state index in [0.29, 0.717) is 0 Å². The van der Waals surface area contributed by atoms with Crippen LogP contribution in [0, 0.1) is 0 Å². The van der Waals surface area contributed by atoms with Crippen LogP contribution in [0.1, 0.15) is 0 Å². The van der Waals surface area contributed by atoms with Gasteiger partial charge in [0.1, 0.15) is 0 Å². The number of hydrogen-bond donors (Lipinski definition) is 0. The number of benzene rings is 22. The molecule has 0 radical (unpaired) electrons. The SMILES string of the molecule is c1ccc(-n2c3ccccc3c3cc(-c4ccc(-c5ccc(-c6ccc(-c7ccc(-c8ccc9c(c8)c8ccccc8n9-c8cccc9ccccc89)cc7)cc6)cc5)cc4)ccc32)cc1.c1ccc(-n2c3ccccc3c3cc(-c4cccc(-c5cccc(-c6cccc(-c7cccc(-c8ccc9c(c8)c8ccccc8n9-c8cccc9ccccc89)c7)c6)c5)c4)ccc32)cc1. The Morgan fingerprint density at radius 3 is 0.561 bits per heavy atom. The predicted molar refractivity (Wildman–Crippen MR) is 560 cm³/mol. The molecule has 26 aromatic rings. The molecule has 0 saturated heterocycles. The molecular weight excluding hydrogens is 1590 g/mol. The number of aromatic nitrogens is 4. The maximum absolute atomic E-state index is 2.43. The van der Waals surface area contributed by atoms with Gasteiger partial charge in [-0.05, 0) is 256 Å². The fourth-order valence-electron chi connectivity index (χ4n) is 20.6. The molecule has 4 heterocycles. The number of rotatable bonds is 14. The lowest BCUT2D eigenvalue weighted by atomic mass is 9.93. The summed E-state index contributed by atoms with van der Waals surface area (Å²) in [6.45, 7) is 0. The molecule has 0 aliphatic rings. The van der Waals surface area contributed by atoms with Crippen molar-refractivity contribution < 1.29 is 0 Å². The molecule has 4 nitrogen and oxygen atoms in total. The van der Waals surface area contributed by atoms with Crippen molar-refractivity contribution in [2.45, 2.75) is 0 Å². The Hall–Kier alpha value is -17.4. The van der Waals surface area contributed by atoms with Crippen molar-refractivity contribution in [3.05, 3.63) is 510 Å². The molecule has 0 aliphatic carbocycles. The molecule has 0 fully saturated rings. The zero-order chi connectivity index (χ0) is 87.1. The maximum Gasteiger partial charge on any atom is 0.0541 e. The van der Waals surface area contributed by atoms with Crippen molar-refractivity contribution in [1.29, 1.82) is 0 Å². The zero-order valence-electron chi connectivity index (χ0n) is 72.3. The summed E-state index contributed by atoms with van der Waals surface area (Å²) in [5.41, 5.74) is 38.5. The highest BCUT2D eigenvalue weighted by molar-refractivity contribution is 6.15. The van der Waals surface area contributed by atoms with Crippen molar-refractivity contribution in [3.8, 4) is 134 Å². The molecule has 0 aliphatic heterocycles. The average Bonchev–Trinajstić information content (AvgIpc) is 1.59. The third-order valence-electron chi connectivity index (χ3n) is 27.1. The fraction of sp³-hybridized carbons (Fsp3) is 0. The van der Waals surface area contributed by atoms with Crippen LogP contribution in [0.2, 0.25) is 0 Å². The van der Waals surface area contributed by atoms with Gasteiger partial charge in [-0.25, -0.2) is 0 Å². The summed E-state index contributed by atoms with van der Waals surface area (Å²) in [6, 6.07) is 186. The highest BCUT2D eigenvalue weighted by Gasteiger charge is 2.22. The molecule has 0 spiro atoms. The van der Waals surface area contributed by atoms with Gasteiger partial charge < -0.3 is 18.3 Å². The van der Waals surface area contributed by atoms with E-state index in [-0.39, 0.29) is 0 Å². The standard InChI is InChI=1S/2C64H42N2/c1-2-25-54(26-3-1)65-61-30-8-6-28-56(61)58-41-52(33-35-63(58)65)50-23-12-21-48(39-50)46-19-10-17-44(37-46)45-18-11-20-47(38-45)49-22-13-24-51(40-49)53-34-36-64-59(42-53)57-29-7-9-31-62(57)66(64)60-32-14-16-43-15-4-5-27-55(43)60;1-2-13-54(14-3-1)65-61-18-8-6-16-56(61)58-41-52(37-39-63(58)65)49-33-29-47(30-34-49)45-25-21-43(22-26-45)44-23-27-46(28-24-44)48-31-35-50(36-32-48)53-38-40-64-59(42-53)57-17-7-9-19-62(57)66(64)60-20-10-12-51-11-4-5-15-55(51)60/h2*1-42H. The molecule has 26 rings (SSSR count). The minimum Gasteiger partial charge on any atom is -0.309 e. The number of nitrogens with zero attached hydrogens (tertiary/aromatic N) is 4. The zero-order valence-corrected chi connectivity index (χ0v) is 72.3. The van der Waals surface area contributed by atoms with Gasteiger partial charge in [0.05, 0.1) is 55.5 Å². The van der Waals surface area contributed by atoms with Crippen molar-refractivity contribution in [2.24, 2.45) is 0 Å². The molecular formula is C128H84N4. The number of fused-ring (bicyclic) bond motifs is 14. The summed E-state index contributed by atoms with van der Waals surface area (Å²) in [7, 11) is 0. The first kappa shape index (κ1) is 76.9. The van der Waals surface area contributed by atoms with Crippen LogP contribution in [-0.4, -0.2) is 18.3 Å². The molecule has 0 amide bonds. The van der Waals surface area contributed by atoms with Crippen LogP contribution < -0.4 is 0 Å². The van der Waals surface area contributed by atoms with Gasteiger partial charge in [0, 0.05) is 65.2 Å². The van der Waals surface area contributed by atoms with Crippen molar-refractivity contribution in [3.63, 3.8) is 0 Å². The molecule has 132 heavy (non-hydrogen) atoms. The first-order valence-electron chi connectivity index (χ1n) is 45.5. The smallest absolute Gasteiger partial charge is 0.0541 e. The van der Waals surface area contributed by atoms with Crippen LogP contribution in [0.3, 0.4) is 0 Å². The Kier molecular flexibility index (Phi) is 18.9. The monoisotopic (exact) mass is 1680 g/mol. The van der Waals surface area contributed by atoms with Gasteiger partial charge in [0.15, 0.2) is 0 Å². The van der Waals surface area contributed by atoms with Crippen LogP contribution in [-0.2, 0) is 0 Å². The molecule has 4 heteroatoms. The van der Waals surface area contributed by atoms with Crippen molar-refractivity contribution >= 4 is 109 Å². The first-order chi connectivity index (χ1) is 65.4. The highest BCUT2D eigenvalue weighted by Crippen LogP contribution is 2.45. The summed E-state index contributed by atoms with van der Waals surface area (Å²) in [4.78, 5) is 0. The second-order valence-corrected chi connectivity index (χ2v) is 34.6. The number of hydrogen-bond acceptors (Lipinski definition) is 0. The highest BCUT2D eigenvalue weighted by atomic mass is 15.0. The van der Waals surface area contributed by atoms with E-state index in [1.165, 1.54) is 243 Å². The Bertz CT molecular complexity index is 8960. The van der Waals surface area contributed by atoms with E-state index in [9.17, 15) is 0 Å². The van der Waals surface area contributed by atoms with Crippen LogP contribution in [0.25, 0.3) is 243 Å². The lowest BCUT2D eigenvalue weighted by Gasteiger charge is -2.12. The van der Waals surface area contributed by atoms with Gasteiger partial charge in [-0.3, -0.25) is 0 Å². The molecule has 0 unspecified atom stereocenters. The summed E-state index contributed by atoms with van der Waals surface area (Å²) >= 11 is 0. The molecule has 0 bridgehead atoms. The largest absolute Gasteiger partial charge is 0.309 e. The Morgan fingerprint density at radius 1 is 0.0985 bits per heavy atom. The second kappa shape index (κ2) is 32.5. The summed E-state index contributed by atoms with van der Waals surface area (Å²) in [5.74, 6) is 0. The third-order valence-corrected chi connectivity index (χ3v) is 27.1. The van der Waals surface area contributed by atoms with Gasteiger partial charge in [0.2, 0.25) is 0 Å². The van der Waals surface area contributed by atoms with Crippen LogP contribution in [0.15, 0.2) is 510 Å². The van der Waals surface area contributed by atoms with E-state index in [2.05, 4.69) is 528 Å². The predicted octanol–water partition coefficient (Wildman–Crippen LogP) is 34.7. The van der Waals surface area contributed by atoms with Gasteiger partial charge in [-0.15, -0.1) is 0 Å². The Balaban J connectivity index is 0.000000142. The molecule has 616 valence electrons. The summed E-state index contributed by atoms with van der Waals surface area (Å²) < 4.78 is 9.59. The van der Waals surface area contributed by atoms with E-state index < -0.39 is 0 Å². The Labute approximate surface area is 765 Å². The lowest BCUT2D eigenvalue weighted by Crippen LogP contribution is -1.95. The second-order valence-electron chi connectivity index (χ2n) is 34.6. The van der Waals surface area contributed by atoms with Gasteiger partial charge >= 0.3 is 0 Å². The molecule has 0 N–H and O–H groups in total. The lowest BCUT2D eigenvalue weighted by molar-refractivity contribution is 1.18. The Morgan fingerprint density at radius 2 is 0.280 bits per heavy atom. The molecule has 0 atom stereocenters. The van der Waals surface area contributed by atoms with E-state index in [0.717, 1.165) is 0 Å². The fourth-order valence-corrected chi connectivity index (χ4v) is 20.6. The summed E-state index contributed by atoms with van der Waals surface area (Å²) in [5, 5.41) is 15.1. The first-order valence-corrected chi connectivity index (χ1v) is 45.5. The van der Waals surface area contributed by atoms with E-state index >= 15 is 0 Å². The van der Waals surface area contributed by atoms with Crippen molar-refractivity contribution in [2.75, 3.05) is 0 Å². The molecule has 4 aromatic heterocycles.